The number of fused-ring (bicyclic) bond motifs is 1. The maximum absolute atomic E-state index is 13.8. The fourth-order valence-electron chi connectivity index (χ4n) is 5.63. The Hall–Kier alpha value is -2.77. The lowest BCUT2D eigenvalue weighted by molar-refractivity contribution is -0.143. The van der Waals surface area contributed by atoms with Gasteiger partial charge in [-0.05, 0) is 61.3 Å². The van der Waals surface area contributed by atoms with Crippen molar-refractivity contribution in [3.8, 4) is 0 Å². The molecule has 36 heavy (non-hydrogen) atoms. The first-order chi connectivity index (χ1) is 17.3. The number of nitrogens with two attached hydrogens (primary N) is 1. The number of carbonyl (C=O) groups is 2. The van der Waals surface area contributed by atoms with Gasteiger partial charge in [0, 0.05) is 31.7 Å². The molecule has 2 aliphatic rings. The molecule has 2 heterocycles. The first-order valence-corrected chi connectivity index (χ1v) is 13.2. The lowest BCUT2D eigenvalue weighted by Crippen LogP contribution is -2.53. The third kappa shape index (κ3) is 6.51. The second-order valence-corrected chi connectivity index (χ2v) is 10.7. The number of benzene rings is 2. The number of rotatable bonds is 9. The Labute approximate surface area is 214 Å². The highest BCUT2D eigenvalue weighted by Crippen LogP contribution is 2.30. The summed E-state index contributed by atoms with van der Waals surface area (Å²) in [5, 5.41) is 2.99. The van der Waals surface area contributed by atoms with Crippen LogP contribution in [0.1, 0.15) is 50.7 Å². The van der Waals surface area contributed by atoms with E-state index in [0.717, 1.165) is 31.4 Å². The highest BCUT2D eigenvalue weighted by molar-refractivity contribution is 5.90. The smallest absolute Gasteiger partial charge is 0.243 e. The van der Waals surface area contributed by atoms with Crippen LogP contribution in [-0.4, -0.2) is 58.9 Å². The van der Waals surface area contributed by atoms with E-state index in [1.807, 2.05) is 11.0 Å². The van der Waals surface area contributed by atoms with E-state index in [9.17, 15) is 14.0 Å². The Morgan fingerprint density at radius 1 is 1.11 bits per heavy atom. The van der Waals surface area contributed by atoms with E-state index in [0.29, 0.717) is 25.9 Å². The van der Waals surface area contributed by atoms with Gasteiger partial charge in [-0.3, -0.25) is 14.5 Å². The second kappa shape index (κ2) is 12.0. The van der Waals surface area contributed by atoms with Gasteiger partial charge in [0.25, 0.3) is 0 Å². The predicted molar refractivity (Wildman–Crippen MR) is 139 cm³/mol. The van der Waals surface area contributed by atoms with Crippen LogP contribution in [0.25, 0.3) is 0 Å². The number of amides is 2. The third-order valence-electron chi connectivity index (χ3n) is 7.47. The number of halogens is 1. The average Bonchev–Trinajstić information content (AvgIpc) is 3.21. The zero-order valence-electron chi connectivity index (χ0n) is 21.4. The van der Waals surface area contributed by atoms with E-state index >= 15 is 0 Å². The molecule has 6 nitrogen and oxygen atoms in total. The summed E-state index contributed by atoms with van der Waals surface area (Å²) in [7, 11) is 0. The Bertz CT molecular complexity index is 1010. The van der Waals surface area contributed by atoms with E-state index in [1.165, 1.54) is 17.7 Å². The Morgan fingerprint density at radius 3 is 2.53 bits per heavy atom. The SMILES string of the molecule is CC(C)C[C@H](C(=O)NCc1ccc(F)cc1)N1CCC(CCc2ccccc2)N2C[C@H](N)C[C@H]2C1=O. The molecule has 2 aliphatic heterocycles. The monoisotopic (exact) mass is 494 g/mol. The maximum Gasteiger partial charge on any atom is 0.243 e. The van der Waals surface area contributed by atoms with E-state index in [-0.39, 0.29) is 41.7 Å². The van der Waals surface area contributed by atoms with E-state index < -0.39 is 6.04 Å². The van der Waals surface area contributed by atoms with Gasteiger partial charge in [0.1, 0.15) is 11.9 Å². The van der Waals surface area contributed by atoms with Gasteiger partial charge in [0.05, 0.1) is 6.04 Å². The minimum absolute atomic E-state index is 0.0211. The van der Waals surface area contributed by atoms with E-state index in [4.69, 9.17) is 5.73 Å². The summed E-state index contributed by atoms with van der Waals surface area (Å²) in [5.41, 5.74) is 8.46. The van der Waals surface area contributed by atoms with Gasteiger partial charge >= 0.3 is 0 Å². The Kier molecular flexibility index (Phi) is 8.75. The molecule has 2 aromatic carbocycles. The van der Waals surface area contributed by atoms with Crippen molar-refractivity contribution in [2.24, 2.45) is 11.7 Å². The molecule has 0 radical (unpaired) electrons. The first kappa shape index (κ1) is 26.3. The fraction of sp³-hybridized carbons (Fsp3) is 0.517. The van der Waals surface area contributed by atoms with Crippen LogP contribution in [0.2, 0.25) is 0 Å². The van der Waals surface area contributed by atoms with Gasteiger partial charge < -0.3 is 16.0 Å². The van der Waals surface area contributed by atoms with Gasteiger partial charge in [-0.2, -0.15) is 0 Å². The third-order valence-corrected chi connectivity index (χ3v) is 7.47. The molecule has 0 aromatic heterocycles. The van der Waals surface area contributed by atoms with Crippen molar-refractivity contribution in [2.45, 2.75) is 76.7 Å². The van der Waals surface area contributed by atoms with Crippen LogP contribution in [0, 0.1) is 11.7 Å². The molecule has 2 fully saturated rings. The molecule has 0 spiro atoms. The van der Waals surface area contributed by atoms with Crippen molar-refractivity contribution in [1.29, 1.82) is 0 Å². The zero-order valence-corrected chi connectivity index (χ0v) is 21.4. The lowest BCUT2D eigenvalue weighted by atomic mass is 9.99. The van der Waals surface area contributed by atoms with Crippen LogP contribution in [0.3, 0.4) is 0 Å². The van der Waals surface area contributed by atoms with Crippen molar-refractivity contribution in [1.82, 2.24) is 15.1 Å². The van der Waals surface area contributed by atoms with Crippen molar-refractivity contribution in [2.75, 3.05) is 13.1 Å². The molecular formula is C29H39FN4O2. The number of hydrogen-bond acceptors (Lipinski definition) is 4. The number of aryl methyl sites for hydroxylation is 1. The predicted octanol–water partition coefficient (Wildman–Crippen LogP) is 3.49. The fourth-order valence-corrected chi connectivity index (χ4v) is 5.63. The zero-order chi connectivity index (χ0) is 25.7. The molecule has 194 valence electrons. The van der Waals surface area contributed by atoms with Gasteiger partial charge in [-0.25, -0.2) is 4.39 Å². The summed E-state index contributed by atoms with van der Waals surface area (Å²) < 4.78 is 13.3. The molecule has 3 N–H and O–H groups in total. The normalized spacial score (nSPS) is 23.4. The van der Waals surface area contributed by atoms with Gasteiger partial charge in [-0.15, -0.1) is 0 Å². The van der Waals surface area contributed by atoms with Crippen LogP contribution in [-0.2, 0) is 22.6 Å². The standard InChI is InChI=1S/C29H39FN4O2/c1-20(2)16-26(28(35)32-18-22-8-11-23(30)12-9-22)33-15-14-25(13-10-21-6-4-3-5-7-21)34-19-24(31)17-27(34)29(33)36/h3-9,11-12,20,24-27H,10,13-19,31H2,1-2H3,(H,32,35)/t24-,25?,26-,27+/m1/s1. The van der Waals surface area contributed by atoms with Crippen LogP contribution in [0.4, 0.5) is 4.39 Å². The van der Waals surface area contributed by atoms with E-state index in [2.05, 4.69) is 48.3 Å². The second-order valence-electron chi connectivity index (χ2n) is 10.7. The molecule has 2 aromatic rings. The van der Waals surface area contributed by atoms with Crippen molar-refractivity contribution < 1.29 is 14.0 Å². The molecule has 4 atom stereocenters. The summed E-state index contributed by atoms with van der Waals surface area (Å²) in [4.78, 5) is 31.4. The minimum Gasteiger partial charge on any atom is -0.350 e. The van der Waals surface area contributed by atoms with Crippen molar-refractivity contribution in [3.05, 3.63) is 71.5 Å². The number of nitrogens with one attached hydrogen (secondary N) is 1. The summed E-state index contributed by atoms with van der Waals surface area (Å²) in [5.74, 6) is -0.191. The van der Waals surface area contributed by atoms with Crippen LogP contribution < -0.4 is 11.1 Å². The van der Waals surface area contributed by atoms with Gasteiger partial charge in [0.2, 0.25) is 11.8 Å². The molecular weight excluding hydrogens is 455 g/mol. The highest BCUT2D eigenvalue weighted by Gasteiger charge is 2.45. The Morgan fingerprint density at radius 2 is 1.83 bits per heavy atom. The minimum atomic E-state index is -0.538. The highest BCUT2D eigenvalue weighted by atomic mass is 19.1. The molecule has 1 unspecified atom stereocenters. The van der Waals surface area contributed by atoms with Crippen LogP contribution >= 0.6 is 0 Å². The number of hydrogen-bond donors (Lipinski definition) is 2. The van der Waals surface area contributed by atoms with Crippen molar-refractivity contribution >= 4 is 11.8 Å². The molecule has 0 aliphatic carbocycles. The average molecular weight is 495 g/mol. The summed E-state index contributed by atoms with van der Waals surface area (Å²) in [6.45, 7) is 5.72. The molecule has 7 heteroatoms. The maximum atomic E-state index is 13.8. The Balaban J connectivity index is 1.49. The summed E-state index contributed by atoms with van der Waals surface area (Å²) >= 11 is 0. The first-order valence-electron chi connectivity index (χ1n) is 13.2. The lowest BCUT2D eigenvalue weighted by Gasteiger charge is -2.33. The largest absolute Gasteiger partial charge is 0.350 e. The molecule has 2 saturated heterocycles. The molecule has 0 saturated carbocycles. The molecule has 4 rings (SSSR count). The van der Waals surface area contributed by atoms with Gasteiger partial charge in [-0.1, -0.05) is 56.3 Å². The quantitative estimate of drug-likeness (QED) is 0.559. The van der Waals surface area contributed by atoms with E-state index in [1.54, 1.807) is 12.1 Å². The number of carbonyl (C=O) groups excluding carboxylic acids is 2. The van der Waals surface area contributed by atoms with Crippen LogP contribution in [0.5, 0.6) is 0 Å². The number of nitrogens with zero attached hydrogens (tertiary/aromatic N) is 2. The van der Waals surface area contributed by atoms with Crippen molar-refractivity contribution in [3.63, 3.8) is 0 Å². The molecule has 0 bridgehead atoms. The molecule has 2 amide bonds. The summed E-state index contributed by atoms with van der Waals surface area (Å²) in [6, 6.07) is 15.9. The topological polar surface area (TPSA) is 78.7 Å². The van der Waals surface area contributed by atoms with Crippen LogP contribution in [0.15, 0.2) is 54.6 Å². The van der Waals surface area contributed by atoms with Gasteiger partial charge in [0.15, 0.2) is 0 Å². The summed E-state index contributed by atoms with van der Waals surface area (Å²) in [6.07, 6.45) is 3.95.